The number of aryl methyl sites for hydroxylation is 1. The highest BCUT2D eigenvalue weighted by Crippen LogP contribution is 2.42. The van der Waals surface area contributed by atoms with E-state index in [2.05, 4.69) is 55.8 Å². The average molecular weight is 463 g/mol. The molecule has 5 nitrogen and oxygen atoms in total. The molecule has 1 saturated heterocycles. The predicted octanol–water partition coefficient (Wildman–Crippen LogP) is 4.77. The van der Waals surface area contributed by atoms with Crippen molar-refractivity contribution in [1.29, 1.82) is 0 Å². The minimum absolute atomic E-state index is 0.204. The molecule has 1 saturated carbocycles. The quantitative estimate of drug-likeness (QED) is 0.620. The van der Waals surface area contributed by atoms with Crippen LogP contribution in [0.1, 0.15) is 47.2 Å². The first-order chi connectivity index (χ1) is 13.6. The molecule has 1 aliphatic carbocycles. The molecular formula is C21H27BrN4OS. The SMILES string of the molecule is CCCCN(c1ccc(Br)nn1)[C@@H]1CC[C@H]2CN(C(=O)c3ccc(C)s3)C[C@H]21. The summed E-state index contributed by atoms with van der Waals surface area (Å²) in [6.45, 7) is 7.03. The van der Waals surface area contributed by atoms with Gasteiger partial charge < -0.3 is 9.80 Å². The average Bonchev–Trinajstić information content (AvgIpc) is 3.39. The predicted molar refractivity (Wildman–Crippen MR) is 117 cm³/mol. The summed E-state index contributed by atoms with van der Waals surface area (Å²) >= 11 is 4.99. The lowest BCUT2D eigenvalue weighted by molar-refractivity contribution is 0.0784. The van der Waals surface area contributed by atoms with Gasteiger partial charge in [-0.3, -0.25) is 4.79 Å². The van der Waals surface area contributed by atoms with Crippen molar-refractivity contribution in [3.8, 4) is 0 Å². The van der Waals surface area contributed by atoms with Gasteiger partial charge in [-0.1, -0.05) is 13.3 Å². The van der Waals surface area contributed by atoms with Crippen LogP contribution in [0.5, 0.6) is 0 Å². The van der Waals surface area contributed by atoms with Crippen LogP contribution < -0.4 is 4.90 Å². The Bertz CT molecular complexity index is 824. The van der Waals surface area contributed by atoms with Crippen LogP contribution in [0, 0.1) is 18.8 Å². The third-order valence-electron chi connectivity index (χ3n) is 6.12. The van der Waals surface area contributed by atoms with E-state index in [-0.39, 0.29) is 5.91 Å². The number of hydrogen-bond acceptors (Lipinski definition) is 5. The van der Waals surface area contributed by atoms with E-state index in [4.69, 9.17) is 0 Å². The van der Waals surface area contributed by atoms with Crippen LogP contribution in [0.4, 0.5) is 5.82 Å². The van der Waals surface area contributed by atoms with Gasteiger partial charge in [0.2, 0.25) is 0 Å². The van der Waals surface area contributed by atoms with Crippen LogP contribution >= 0.6 is 27.3 Å². The topological polar surface area (TPSA) is 49.3 Å². The maximum Gasteiger partial charge on any atom is 0.263 e. The molecule has 28 heavy (non-hydrogen) atoms. The number of thiophene rings is 1. The number of hydrogen-bond donors (Lipinski definition) is 0. The minimum Gasteiger partial charge on any atom is -0.352 e. The van der Waals surface area contributed by atoms with E-state index in [0.717, 1.165) is 47.8 Å². The Balaban J connectivity index is 1.51. The molecule has 1 amide bonds. The maximum atomic E-state index is 12.9. The number of aromatic nitrogens is 2. The number of likely N-dealkylation sites (tertiary alicyclic amines) is 1. The van der Waals surface area contributed by atoms with Crippen molar-refractivity contribution < 1.29 is 4.79 Å². The molecular weight excluding hydrogens is 436 g/mol. The van der Waals surface area contributed by atoms with Gasteiger partial charge in [-0.15, -0.1) is 21.5 Å². The number of nitrogens with zero attached hydrogens (tertiary/aromatic N) is 4. The van der Waals surface area contributed by atoms with E-state index in [1.54, 1.807) is 11.3 Å². The van der Waals surface area contributed by atoms with Crippen molar-refractivity contribution in [1.82, 2.24) is 15.1 Å². The van der Waals surface area contributed by atoms with Gasteiger partial charge in [0.25, 0.3) is 5.91 Å². The van der Waals surface area contributed by atoms with Gasteiger partial charge in [0.05, 0.1) is 4.88 Å². The summed E-state index contributed by atoms with van der Waals surface area (Å²) in [5.74, 6) is 2.28. The van der Waals surface area contributed by atoms with E-state index in [1.807, 2.05) is 18.2 Å². The largest absolute Gasteiger partial charge is 0.352 e. The number of carbonyl (C=O) groups excluding carboxylic acids is 1. The van der Waals surface area contributed by atoms with Crippen LogP contribution in [-0.4, -0.2) is 46.7 Å². The fraction of sp³-hybridized carbons (Fsp3) is 0.571. The number of anilines is 1. The number of carbonyl (C=O) groups is 1. The number of unbranched alkanes of at least 4 members (excludes halogenated alkanes) is 1. The van der Waals surface area contributed by atoms with Gasteiger partial charge in [0.15, 0.2) is 5.82 Å². The molecule has 4 rings (SSSR count). The van der Waals surface area contributed by atoms with Crippen LogP contribution in [0.25, 0.3) is 0 Å². The summed E-state index contributed by atoms with van der Waals surface area (Å²) in [6, 6.07) is 8.48. The first-order valence-corrected chi connectivity index (χ1v) is 11.8. The standard InChI is InChI=1S/C21H27BrN4OS/c1-3-4-11-26(20-10-9-19(22)23-24-20)17-7-6-15-12-25(13-16(15)17)21(27)18-8-5-14(2)28-18/h5,8-10,15-17H,3-4,6-7,11-13H2,1-2H3/t15-,16+,17+/m0/s1. The van der Waals surface area contributed by atoms with Crippen LogP contribution in [-0.2, 0) is 0 Å². The molecule has 0 N–H and O–H groups in total. The highest BCUT2D eigenvalue weighted by molar-refractivity contribution is 9.10. The van der Waals surface area contributed by atoms with E-state index < -0.39 is 0 Å². The Morgan fingerprint density at radius 2 is 2.11 bits per heavy atom. The highest BCUT2D eigenvalue weighted by Gasteiger charge is 2.46. The molecule has 2 aromatic heterocycles. The Morgan fingerprint density at radius 3 is 2.79 bits per heavy atom. The Hall–Kier alpha value is -1.47. The fourth-order valence-electron chi connectivity index (χ4n) is 4.74. The minimum atomic E-state index is 0.204. The lowest BCUT2D eigenvalue weighted by Gasteiger charge is -2.34. The smallest absolute Gasteiger partial charge is 0.263 e. The van der Waals surface area contributed by atoms with Crippen LogP contribution in [0.3, 0.4) is 0 Å². The van der Waals surface area contributed by atoms with Crippen molar-refractivity contribution in [2.45, 2.75) is 45.6 Å². The second-order valence-corrected chi connectivity index (χ2v) is 10.1. The normalized spacial score (nSPS) is 23.8. The maximum absolute atomic E-state index is 12.9. The summed E-state index contributed by atoms with van der Waals surface area (Å²) in [6.07, 6.45) is 4.67. The molecule has 1 aliphatic heterocycles. The van der Waals surface area contributed by atoms with Crippen molar-refractivity contribution in [3.05, 3.63) is 38.6 Å². The van der Waals surface area contributed by atoms with Crippen molar-refractivity contribution in [3.63, 3.8) is 0 Å². The second-order valence-electron chi connectivity index (χ2n) is 7.95. The van der Waals surface area contributed by atoms with Crippen molar-refractivity contribution in [2.24, 2.45) is 11.8 Å². The lowest BCUT2D eigenvalue weighted by atomic mass is 9.96. The molecule has 0 bridgehead atoms. The first-order valence-electron chi connectivity index (χ1n) is 10.2. The van der Waals surface area contributed by atoms with E-state index >= 15 is 0 Å². The molecule has 2 aromatic rings. The molecule has 2 fully saturated rings. The van der Waals surface area contributed by atoms with E-state index in [0.29, 0.717) is 17.9 Å². The third kappa shape index (κ3) is 3.96. The third-order valence-corrected chi connectivity index (χ3v) is 7.53. The van der Waals surface area contributed by atoms with Crippen molar-refractivity contribution >= 4 is 39.0 Å². The van der Waals surface area contributed by atoms with Gasteiger partial charge in [-0.25, -0.2) is 0 Å². The summed E-state index contributed by atoms with van der Waals surface area (Å²) in [4.78, 5) is 19.5. The molecule has 7 heteroatoms. The zero-order valence-electron chi connectivity index (χ0n) is 16.5. The summed E-state index contributed by atoms with van der Waals surface area (Å²) in [5.41, 5.74) is 0. The number of fused-ring (bicyclic) bond motifs is 1. The molecule has 0 radical (unpaired) electrons. The highest BCUT2D eigenvalue weighted by atomic mass is 79.9. The van der Waals surface area contributed by atoms with E-state index in [9.17, 15) is 4.79 Å². The summed E-state index contributed by atoms with van der Waals surface area (Å²) in [7, 11) is 0. The number of halogens is 1. The summed E-state index contributed by atoms with van der Waals surface area (Å²) < 4.78 is 0.764. The Morgan fingerprint density at radius 1 is 1.25 bits per heavy atom. The fourth-order valence-corrected chi connectivity index (χ4v) is 5.78. The van der Waals surface area contributed by atoms with Crippen molar-refractivity contribution in [2.75, 3.05) is 24.5 Å². The van der Waals surface area contributed by atoms with Crippen LogP contribution in [0.15, 0.2) is 28.9 Å². The molecule has 0 aromatic carbocycles. The lowest BCUT2D eigenvalue weighted by Crippen LogP contribution is -2.42. The molecule has 0 spiro atoms. The van der Waals surface area contributed by atoms with Gasteiger partial charge >= 0.3 is 0 Å². The zero-order chi connectivity index (χ0) is 19.7. The van der Waals surface area contributed by atoms with Gasteiger partial charge in [-0.2, -0.15) is 0 Å². The molecule has 0 unspecified atom stereocenters. The van der Waals surface area contributed by atoms with Gasteiger partial charge in [-0.05, 0) is 72.3 Å². The number of rotatable bonds is 6. The van der Waals surface area contributed by atoms with Gasteiger partial charge in [0.1, 0.15) is 4.60 Å². The van der Waals surface area contributed by atoms with E-state index in [1.165, 1.54) is 17.7 Å². The Kier molecular flexibility index (Phi) is 6.01. The molecule has 3 heterocycles. The Labute approximate surface area is 179 Å². The monoisotopic (exact) mass is 462 g/mol. The van der Waals surface area contributed by atoms with Gasteiger partial charge in [0, 0.05) is 36.5 Å². The molecule has 2 aliphatic rings. The number of amides is 1. The first kappa shape index (κ1) is 19.8. The molecule has 3 atom stereocenters. The summed E-state index contributed by atoms with van der Waals surface area (Å²) in [5, 5.41) is 8.66. The second kappa shape index (κ2) is 8.49. The van der Waals surface area contributed by atoms with Crippen LogP contribution in [0.2, 0.25) is 0 Å². The zero-order valence-corrected chi connectivity index (χ0v) is 18.9. The molecule has 150 valence electrons.